The topological polar surface area (TPSA) is 86.8 Å². The molecule has 0 saturated heterocycles. The van der Waals surface area contributed by atoms with Crippen molar-refractivity contribution in [3.8, 4) is 0 Å². The Morgan fingerprint density at radius 2 is 2.17 bits per heavy atom. The molecule has 4 rings (SSSR count). The number of carbonyl (C=O) groups excluding carboxylic acids is 1. The molecule has 0 fully saturated rings. The fraction of sp³-hybridized carbons (Fsp3) is 0.312. The zero-order chi connectivity index (χ0) is 15.8. The second kappa shape index (κ2) is 5.42. The molecule has 0 aliphatic carbocycles. The molecule has 1 aliphatic rings. The molecular formula is C16H17N5O2. The Kier molecular flexibility index (Phi) is 3.25. The number of nitrogens with one attached hydrogen (secondary N) is 2. The van der Waals surface area contributed by atoms with Gasteiger partial charge in [0.15, 0.2) is 0 Å². The highest BCUT2D eigenvalue weighted by Gasteiger charge is 2.22. The van der Waals surface area contributed by atoms with Crippen LogP contribution in [0.4, 0.5) is 0 Å². The Hall–Kier alpha value is -2.83. The Morgan fingerprint density at radius 1 is 1.30 bits per heavy atom. The lowest BCUT2D eigenvalue weighted by Gasteiger charge is -2.26. The zero-order valence-electron chi connectivity index (χ0n) is 12.6. The van der Waals surface area contributed by atoms with E-state index >= 15 is 0 Å². The second-order valence-corrected chi connectivity index (χ2v) is 5.74. The summed E-state index contributed by atoms with van der Waals surface area (Å²) in [6, 6.07) is 7.51. The van der Waals surface area contributed by atoms with Gasteiger partial charge in [-0.25, -0.2) is 9.78 Å². The van der Waals surface area contributed by atoms with Gasteiger partial charge in [0, 0.05) is 25.9 Å². The molecule has 0 bridgehead atoms. The lowest BCUT2D eigenvalue weighted by atomic mass is 10.1. The van der Waals surface area contributed by atoms with Gasteiger partial charge >= 0.3 is 5.69 Å². The molecule has 2 aromatic heterocycles. The molecule has 1 amide bonds. The number of fused-ring (bicyclic) bond motifs is 2. The van der Waals surface area contributed by atoms with E-state index in [4.69, 9.17) is 0 Å². The third-order valence-electron chi connectivity index (χ3n) is 4.36. The lowest BCUT2D eigenvalue weighted by Crippen LogP contribution is -2.36. The minimum Gasteiger partial charge on any atom is -0.347 e. The average molecular weight is 311 g/mol. The first-order chi connectivity index (χ1) is 11.2. The van der Waals surface area contributed by atoms with Crippen molar-refractivity contribution in [1.29, 1.82) is 0 Å². The van der Waals surface area contributed by atoms with Crippen molar-refractivity contribution in [2.45, 2.75) is 25.9 Å². The summed E-state index contributed by atoms with van der Waals surface area (Å²) in [7, 11) is 0. The van der Waals surface area contributed by atoms with Crippen LogP contribution < -0.4 is 5.69 Å². The summed E-state index contributed by atoms with van der Waals surface area (Å²) in [5, 5.41) is 0. The SMILES string of the molecule is O=C(CCn1c(=O)[nH]c2ccccc21)N1CCc2nc[nH]c2C1. The van der Waals surface area contributed by atoms with Crippen LogP contribution in [0.2, 0.25) is 0 Å². The molecule has 3 aromatic rings. The molecule has 0 atom stereocenters. The van der Waals surface area contributed by atoms with Gasteiger partial charge in [-0.05, 0) is 12.1 Å². The van der Waals surface area contributed by atoms with Crippen LogP contribution in [0.5, 0.6) is 0 Å². The Labute approximate surface area is 132 Å². The first-order valence-electron chi connectivity index (χ1n) is 7.69. The molecule has 1 aliphatic heterocycles. The van der Waals surface area contributed by atoms with Gasteiger partial charge in [0.2, 0.25) is 5.91 Å². The highest BCUT2D eigenvalue weighted by molar-refractivity contribution is 5.77. The molecule has 2 N–H and O–H groups in total. The maximum atomic E-state index is 12.4. The van der Waals surface area contributed by atoms with E-state index < -0.39 is 0 Å². The van der Waals surface area contributed by atoms with Crippen LogP contribution in [0.3, 0.4) is 0 Å². The molecule has 7 heteroatoms. The summed E-state index contributed by atoms with van der Waals surface area (Å²) >= 11 is 0. The zero-order valence-corrected chi connectivity index (χ0v) is 12.6. The number of rotatable bonds is 3. The van der Waals surface area contributed by atoms with Crippen molar-refractivity contribution in [2.75, 3.05) is 6.54 Å². The number of H-pyrrole nitrogens is 2. The number of benzene rings is 1. The predicted octanol–water partition coefficient (Wildman–Crippen LogP) is 1.03. The van der Waals surface area contributed by atoms with Crippen LogP contribution >= 0.6 is 0 Å². The van der Waals surface area contributed by atoms with Gasteiger partial charge in [-0.2, -0.15) is 0 Å². The standard InChI is InChI=1S/C16H17N5O2/c22-15(20-7-5-11-13(9-20)18-10-17-11)6-8-21-14-4-2-1-3-12(14)19-16(21)23/h1-4,10H,5-9H2,(H,17,18)(H,19,23). The number of aromatic nitrogens is 4. The number of imidazole rings is 2. The van der Waals surface area contributed by atoms with Crippen molar-refractivity contribution in [2.24, 2.45) is 0 Å². The molecule has 1 aromatic carbocycles. The van der Waals surface area contributed by atoms with E-state index in [1.165, 1.54) is 0 Å². The van der Waals surface area contributed by atoms with Crippen molar-refractivity contribution >= 4 is 16.9 Å². The first-order valence-corrected chi connectivity index (χ1v) is 7.69. The van der Waals surface area contributed by atoms with Gasteiger partial charge in [0.05, 0.1) is 35.3 Å². The first kappa shape index (κ1) is 13.8. The van der Waals surface area contributed by atoms with E-state index in [1.54, 1.807) is 10.9 Å². The maximum absolute atomic E-state index is 12.4. The Bertz CT molecular complexity index is 920. The van der Waals surface area contributed by atoms with E-state index in [1.807, 2.05) is 29.2 Å². The van der Waals surface area contributed by atoms with Gasteiger partial charge in [-0.15, -0.1) is 0 Å². The normalized spacial score (nSPS) is 14.2. The van der Waals surface area contributed by atoms with Crippen LogP contribution in [0.1, 0.15) is 17.8 Å². The quantitative estimate of drug-likeness (QED) is 0.757. The summed E-state index contributed by atoms with van der Waals surface area (Å²) in [4.78, 5) is 36.4. The number of amides is 1. The van der Waals surface area contributed by atoms with E-state index in [9.17, 15) is 9.59 Å². The molecular weight excluding hydrogens is 294 g/mol. The van der Waals surface area contributed by atoms with Crippen molar-refractivity contribution < 1.29 is 4.79 Å². The minimum absolute atomic E-state index is 0.0578. The van der Waals surface area contributed by atoms with Crippen LogP contribution in [0, 0.1) is 0 Å². The maximum Gasteiger partial charge on any atom is 0.326 e. The molecule has 23 heavy (non-hydrogen) atoms. The smallest absolute Gasteiger partial charge is 0.326 e. The minimum atomic E-state index is -0.173. The third-order valence-corrected chi connectivity index (χ3v) is 4.36. The number of aromatic amines is 2. The fourth-order valence-electron chi connectivity index (χ4n) is 3.12. The van der Waals surface area contributed by atoms with E-state index in [0.29, 0.717) is 26.1 Å². The Morgan fingerprint density at radius 3 is 3.09 bits per heavy atom. The summed E-state index contributed by atoms with van der Waals surface area (Å²) in [5.74, 6) is 0.0578. The monoisotopic (exact) mass is 311 g/mol. The molecule has 7 nitrogen and oxygen atoms in total. The molecule has 0 spiro atoms. The molecule has 0 unspecified atom stereocenters. The molecule has 0 radical (unpaired) electrons. The summed E-state index contributed by atoms with van der Waals surface area (Å²) in [6.07, 6.45) is 2.76. The second-order valence-electron chi connectivity index (χ2n) is 5.74. The van der Waals surface area contributed by atoms with Crippen LogP contribution in [0.25, 0.3) is 11.0 Å². The highest BCUT2D eigenvalue weighted by atomic mass is 16.2. The number of aryl methyl sites for hydroxylation is 1. The summed E-state index contributed by atoms with van der Waals surface area (Å²) in [5.41, 5.74) is 3.51. The van der Waals surface area contributed by atoms with Gasteiger partial charge < -0.3 is 14.9 Å². The number of para-hydroxylation sites is 2. The van der Waals surface area contributed by atoms with Gasteiger partial charge in [-0.1, -0.05) is 12.1 Å². The molecule has 118 valence electrons. The largest absolute Gasteiger partial charge is 0.347 e. The van der Waals surface area contributed by atoms with Crippen molar-refractivity contribution in [1.82, 2.24) is 24.4 Å². The number of nitrogens with zero attached hydrogens (tertiary/aromatic N) is 3. The average Bonchev–Trinajstić information content (AvgIpc) is 3.15. The fourth-order valence-corrected chi connectivity index (χ4v) is 3.12. The van der Waals surface area contributed by atoms with Crippen molar-refractivity contribution in [3.05, 3.63) is 52.5 Å². The molecule has 0 saturated carbocycles. The number of hydrogen-bond donors (Lipinski definition) is 2. The molecule has 3 heterocycles. The van der Waals surface area contributed by atoms with E-state index in [2.05, 4.69) is 15.0 Å². The van der Waals surface area contributed by atoms with E-state index in [0.717, 1.165) is 28.8 Å². The predicted molar refractivity (Wildman–Crippen MR) is 84.9 cm³/mol. The van der Waals surface area contributed by atoms with Crippen LogP contribution in [-0.4, -0.2) is 36.9 Å². The number of carbonyl (C=O) groups is 1. The highest BCUT2D eigenvalue weighted by Crippen LogP contribution is 2.16. The Balaban J connectivity index is 1.47. The van der Waals surface area contributed by atoms with Gasteiger partial charge in [0.25, 0.3) is 0 Å². The van der Waals surface area contributed by atoms with Crippen LogP contribution in [0.15, 0.2) is 35.4 Å². The van der Waals surface area contributed by atoms with Crippen LogP contribution in [-0.2, 0) is 24.3 Å². The number of hydrogen-bond acceptors (Lipinski definition) is 3. The van der Waals surface area contributed by atoms with E-state index in [-0.39, 0.29) is 11.6 Å². The summed E-state index contributed by atoms with van der Waals surface area (Å²) < 4.78 is 1.62. The van der Waals surface area contributed by atoms with Gasteiger partial charge in [-0.3, -0.25) is 9.36 Å². The lowest BCUT2D eigenvalue weighted by molar-refractivity contribution is -0.132. The van der Waals surface area contributed by atoms with Crippen molar-refractivity contribution in [3.63, 3.8) is 0 Å². The summed E-state index contributed by atoms with van der Waals surface area (Å²) in [6.45, 7) is 1.63. The third kappa shape index (κ3) is 2.44. The van der Waals surface area contributed by atoms with Gasteiger partial charge in [0.1, 0.15) is 0 Å².